The molecule has 1 aliphatic rings. The van der Waals surface area contributed by atoms with Gasteiger partial charge < -0.3 is 14.6 Å². The van der Waals surface area contributed by atoms with Crippen LogP contribution in [0.4, 0.5) is 0 Å². The first-order valence-electron chi connectivity index (χ1n) is 10.6. The molecule has 4 heteroatoms. The molecule has 1 saturated heterocycles. The highest BCUT2D eigenvalue weighted by molar-refractivity contribution is 5.84. The number of benzene rings is 2. The van der Waals surface area contributed by atoms with Gasteiger partial charge >= 0.3 is 0 Å². The van der Waals surface area contributed by atoms with Gasteiger partial charge in [0.15, 0.2) is 0 Å². The Morgan fingerprint density at radius 3 is 2.52 bits per heavy atom. The zero-order valence-corrected chi connectivity index (χ0v) is 17.4. The Morgan fingerprint density at radius 2 is 1.76 bits per heavy atom. The van der Waals surface area contributed by atoms with Crippen molar-refractivity contribution >= 4 is 16.8 Å². The van der Waals surface area contributed by atoms with Crippen molar-refractivity contribution in [2.75, 3.05) is 13.1 Å². The van der Waals surface area contributed by atoms with E-state index in [4.69, 9.17) is 0 Å². The molecule has 29 heavy (non-hydrogen) atoms. The summed E-state index contributed by atoms with van der Waals surface area (Å²) in [7, 11) is 2.07. The summed E-state index contributed by atoms with van der Waals surface area (Å²) in [6.07, 6.45) is 5.71. The zero-order chi connectivity index (χ0) is 20.4. The van der Waals surface area contributed by atoms with Gasteiger partial charge in [-0.15, -0.1) is 0 Å². The summed E-state index contributed by atoms with van der Waals surface area (Å²) >= 11 is 0. The third-order valence-corrected chi connectivity index (χ3v) is 6.41. The molecule has 0 aliphatic carbocycles. The summed E-state index contributed by atoms with van der Waals surface area (Å²) in [4.78, 5) is 14.6. The molecule has 2 heterocycles. The van der Waals surface area contributed by atoms with Gasteiger partial charge in [-0.2, -0.15) is 0 Å². The van der Waals surface area contributed by atoms with Gasteiger partial charge in [0.2, 0.25) is 5.91 Å². The minimum atomic E-state index is -0.814. The highest BCUT2D eigenvalue weighted by atomic mass is 16.3. The molecule has 1 fully saturated rings. The van der Waals surface area contributed by atoms with Gasteiger partial charge in [0.05, 0.1) is 5.60 Å². The van der Waals surface area contributed by atoms with E-state index in [1.54, 1.807) is 0 Å². The number of hydrogen-bond acceptors (Lipinski definition) is 2. The van der Waals surface area contributed by atoms with Crippen molar-refractivity contribution in [1.29, 1.82) is 0 Å². The van der Waals surface area contributed by atoms with Crippen LogP contribution >= 0.6 is 0 Å². The van der Waals surface area contributed by atoms with E-state index in [1.807, 2.05) is 36.1 Å². The number of para-hydroxylation sites is 1. The van der Waals surface area contributed by atoms with Crippen LogP contribution in [-0.4, -0.2) is 33.6 Å². The van der Waals surface area contributed by atoms with Gasteiger partial charge in [-0.25, -0.2) is 0 Å². The highest BCUT2D eigenvalue weighted by Gasteiger charge is 2.36. The van der Waals surface area contributed by atoms with Crippen LogP contribution in [0.2, 0.25) is 0 Å². The third kappa shape index (κ3) is 3.95. The van der Waals surface area contributed by atoms with Crippen LogP contribution in [0, 0.1) is 6.92 Å². The molecule has 0 unspecified atom stereocenters. The molecular weight excluding hydrogens is 360 g/mol. The molecule has 1 amide bonds. The Bertz CT molecular complexity index is 1010. The van der Waals surface area contributed by atoms with E-state index >= 15 is 0 Å². The lowest BCUT2D eigenvalue weighted by molar-refractivity contribution is -0.135. The van der Waals surface area contributed by atoms with Crippen molar-refractivity contribution in [1.82, 2.24) is 9.47 Å². The molecule has 0 radical (unpaired) electrons. The van der Waals surface area contributed by atoms with Crippen molar-refractivity contribution in [3.63, 3.8) is 0 Å². The molecule has 1 aromatic heterocycles. The SMILES string of the molecule is Cc1ccccc1C1(O)CCN(C(=O)CCCc2cn(C)c3ccccc23)CC1. The van der Waals surface area contributed by atoms with Crippen LogP contribution in [0.1, 0.15) is 42.4 Å². The number of piperidine rings is 1. The highest BCUT2D eigenvalue weighted by Crippen LogP contribution is 2.34. The Balaban J connectivity index is 1.32. The molecule has 3 aromatic rings. The van der Waals surface area contributed by atoms with Crippen LogP contribution in [0.5, 0.6) is 0 Å². The second-order valence-electron chi connectivity index (χ2n) is 8.36. The fraction of sp³-hybridized carbons (Fsp3) is 0.400. The monoisotopic (exact) mass is 390 g/mol. The Kier molecular flexibility index (Phi) is 5.46. The van der Waals surface area contributed by atoms with Crippen LogP contribution in [0.15, 0.2) is 54.7 Å². The number of hydrogen-bond donors (Lipinski definition) is 1. The largest absolute Gasteiger partial charge is 0.385 e. The van der Waals surface area contributed by atoms with E-state index in [-0.39, 0.29) is 5.91 Å². The number of aromatic nitrogens is 1. The second kappa shape index (κ2) is 8.03. The summed E-state index contributed by atoms with van der Waals surface area (Å²) in [6.45, 7) is 3.29. The average Bonchev–Trinajstić information content (AvgIpc) is 3.05. The molecule has 2 aromatic carbocycles. The predicted molar refractivity (Wildman–Crippen MR) is 117 cm³/mol. The van der Waals surface area contributed by atoms with Gasteiger partial charge in [-0.05, 0) is 55.4 Å². The number of aliphatic hydroxyl groups is 1. The van der Waals surface area contributed by atoms with Gasteiger partial charge in [0.25, 0.3) is 0 Å². The van der Waals surface area contributed by atoms with E-state index in [0.29, 0.717) is 32.4 Å². The maximum Gasteiger partial charge on any atom is 0.222 e. The van der Waals surface area contributed by atoms with Crippen molar-refractivity contribution in [3.05, 3.63) is 71.4 Å². The van der Waals surface area contributed by atoms with E-state index in [0.717, 1.165) is 24.0 Å². The zero-order valence-electron chi connectivity index (χ0n) is 17.4. The quantitative estimate of drug-likeness (QED) is 0.705. The number of amides is 1. The first-order valence-corrected chi connectivity index (χ1v) is 10.6. The summed E-state index contributed by atoms with van der Waals surface area (Å²) in [5.41, 5.74) is 3.85. The topological polar surface area (TPSA) is 45.5 Å². The van der Waals surface area contributed by atoms with E-state index in [1.165, 1.54) is 16.5 Å². The minimum Gasteiger partial charge on any atom is -0.385 e. The van der Waals surface area contributed by atoms with Crippen LogP contribution in [0.25, 0.3) is 10.9 Å². The molecule has 4 nitrogen and oxygen atoms in total. The van der Waals surface area contributed by atoms with Crippen molar-refractivity contribution < 1.29 is 9.90 Å². The average molecular weight is 391 g/mol. The Morgan fingerprint density at radius 1 is 1.07 bits per heavy atom. The van der Waals surface area contributed by atoms with Crippen LogP contribution in [0.3, 0.4) is 0 Å². The lowest BCUT2D eigenvalue weighted by Crippen LogP contribution is -2.45. The molecule has 0 spiro atoms. The maximum atomic E-state index is 12.7. The number of likely N-dealkylation sites (tertiary alicyclic amines) is 1. The normalized spacial score (nSPS) is 16.3. The fourth-order valence-corrected chi connectivity index (χ4v) is 4.70. The number of carbonyl (C=O) groups excluding carboxylic acids is 1. The minimum absolute atomic E-state index is 0.206. The number of fused-ring (bicyclic) bond motifs is 1. The molecule has 4 rings (SSSR count). The van der Waals surface area contributed by atoms with Gasteiger partial charge in [0, 0.05) is 43.7 Å². The number of carbonyl (C=O) groups is 1. The van der Waals surface area contributed by atoms with Crippen molar-refractivity contribution in [2.24, 2.45) is 7.05 Å². The van der Waals surface area contributed by atoms with Gasteiger partial charge in [-0.3, -0.25) is 4.79 Å². The number of aryl methyl sites for hydroxylation is 3. The molecule has 1 N–H and O–H groups in total. The van der Waals surface area contributed by atoms with Crippen molar-refractivity contribution in [3.8, 4) is 0 Å². The molecule has 0 saturated carbocycles. The fourth-order valence-electron chi connectivity index (χ4n) is 4.70. The first kappa shape index (κ1) is 19.7. The molecule has 0 bridgehead atoms. The summed E-state index contributed by atoms with van der Waals surface area (Å²) < 4.78 is 2.16. The first-order chi connectivity index (χ1) is 14.0. The second-order valence-corrected chi connectivity index (χ2v) is 8.36. The summed E-state index contributed by atoms with van der Waals surface area (Å²) in [5, 5.41) is 12.4. The van der Waals surface area contributed by atoms with E-state index < -0.39 is 5.60 Å². The lowest BCUT2D eigenvalue weighted by atomic mass is 9.82. The standard InChI is InChI=1S/C25H30N2O2/c1-19-8-3-5-11-22(19)25(29)14-16-27(17-15-25)24(28)13-7-9-20-18-26(2)23-12-6-4-10-21(20)23/h3-6,8,10-12,18,29H,7,9,13-17H2,1-2H3. The molecule has 152 valence electrons. The number of rotatable bonds is 5. The Labute approximate surface area is 172 Å². The van der Waals surface area contributed by atoms with Crippen LogP contribution in [-0.2, 0) is 23.9 Å². The number of nitrogens with zero attached hydrogens (tertiary/aromatic N) is 2. The van der Waals surface area contributed by atoms with Crippen LogP contribution < -0.4 is 0 Å². The molecule has 1 aliphatic heterocycles. The Hall–Kier alpha value is -2.59. The summed E-state index contributed by atoms with van der Waals surface area (Å²) in [5.74, 6) is 0.206. The van der Waals surface area contributed by atoms with E-state index in [9.17, 15) is 9.90 Å². The van der Waals surface area contributed by atoms with Gasteiger partial charge in [0.1, 0.15) is 0 Å². The molecular formula is C25H30N2O2. The smallest absolute Gasteiger partial charge is 0.222 e. The predicted octanol–water partition coefficient (Wildman–Crippen LogP) is 4.32. The molecule has 0 atom stereocenters. The maximum absolute atomic E-state index is 12.7. The lowest BCUT2D eigenvalue weighted by Gasteiger charge is -2.39. The van der Waals surface area contributed by atoms with Gasteiger partial charge in [-0.1, -0.05) is 42.5 Å². The van der Waals surface area contributed by atoms with E-state index in [2.05, 4.69) is 42.1 Å². The van der Waals surface area contributed by atoms with Crippen molar-refractivity contribution in [2.45, 2.75) is 44.6 Å². The third-order valence-electron chi connectivity index (χ3n) is 6.41. The summed E-state index contributed by atoms with van der Waals surface area (Å²) in [6, 6.07) is 16.4.